The molecule has 0 spiro atoms. The zero-order chi connectivity index (χ0) is 23.4. The number of hydrogen-bond acceptors (Lipinski definition) is 4. The van der Waals surface area contributed by atoms with E-state index in [0.717, 1.165) is 63.7 Å². The number of aromatic amines is 2. The number of ether oxygens (including phenoxy) is 3. The molecule has 6 heteroatoms. The minimum absolute atomic E-state index is 0.242. The minimum atomic E-state index is -0.986. The first-order chi connectivity index (χ1) is 16.1. The number of benzene rings is 2. The molecule has 2 aromatic carbocycles. The summed E-state index contributed by atoms with van der Waals surface area (Å²) in [6.45, 7) is 4.33. The molecule has 174 valence electrons. The maximum absolute atomic E-state index is 13.9. The Hall–Kier alpha value is -3.41. The number of methoxy groups -OCH3 is 2. The van der Waals surface area contributed by atoms with Crippen molar-refractivity contribution < 1.29 is 19.0 Å². The Kier molecular flexibility index (Phi) is 6.63. The first-order valence-electron chi connectivity index (χ1n) is 11.6. The molecule has 0 aliphatic heterocycles. The maximum Gasteiger partial charge on any atom is 0.321 e. The highest BCUT2D eigenvalue weighted by molar-refractivity contribution is 6.02. The van der Waals surface area contributed by atoms with Gasteiger partial charge in [-0.3, -0.25) is 4.79 Å². The third-order valence-corrected chi connectivity index (χ3v) is 6.49. The molecule has 0 saturated heterocycles. The normalized spacial score (nSPS) is 11.8. The van der Waals surface area contributed by atoms with Gasteiger partial charge in [0.15, 0.2) is 0 Å². The third-order valence-electron chi connectivity index (χ3n) is 6.49. The van der Waals surface area contributed by atoms with Crippen LogP contribution in [0.15, 0.2) is 48.8 Å². The number of fused-ring (bicyclic) bond motifs is 2. The van der Waals surface area contributed by atoms with E-state index in [0.29, 0.717) is 13.0 Å². The second-order valence-corrected chi connectivity index (χ2v) is 8.25. The number of hydrogen-bond donors (Lipinski definition) is 2. The maximum atomic E-state index is 13.9. The van der Waals surface area contributed by atoms with Gasteiger partial charge in [-0.2, -0.15) is 0 Å². The molecule has 2 heterocycles. The van der Waals surface area contributed by atoms with Gasteiger partial charge in [0.1, 0.15) is 16.9 Å². The van der Waals surface area contributed by atoms with Crippen molar-refractivity contribution in [1.29, 1.82) is 0 Å². The summed E-state index contributed by atoms with van der Waals surface area (Å²) in [6, 6.07) is 11.8. The molecule has 2 aromatic heterocycles. The number of H-pyrrole nitrogens is 2. The van der Waals surface area contributed by atoms with Gasteiger partial charge >= 0.3 is 5.97 Å². The van der Waals surface area contributed by atoms with Gasteiger partial charge in [0.25, 0.3) is 0 Å². The van der Waals surface area contributed by atoms with Crippen molar-refractivity contribution in [1.82, 2.24) is 9.97 Å². The Labute approximate surface area is 194 Å². The second-order valence-electron chi connectivity index (χ2n) is 8.25. The SMILES string of the molecule is CCCCCC(C(=O)OCC)(c1c[nH]c2c(OC)cccc12)c1c[nH]c2c(OC)cccc12. The molecule has 0 saturated carbocycles. The van der Waals surface area contributed by atoms with Crippen LogP contribution in [0.1, 0.15) is 50.7 Å². The number of unbranched alkanes of at least 4 members (excludes halogenated alkanes) is 2. The third kappa shape index (κ3) is 3.73. The lowest BCUT2D eigenvalue weighted by molar-refractivity contribution is -0.148. The lowest BCUT2D eigenvalue weighted by Crippen LogP contribution is -2.38. The van der Waals surface area contributed by atoms with Crippen LogP contribution in [0.2, 0.25) is 0 Å². The Bertz CT molecular complexity index is 1170. The lowest BCUT2D eigenvalue weighted by Gasteiger charge is -2.32. The predicted octanol–water partition coefficient (Wildman–Crippen LogP) is 6.10. The molecule has 4 aromatic rings. The Balaban J connectivity index is 2.05. The number of carbonyl (C=O) groups is 1. The second kappa shape index (κ2) is 9.61. The van der Waals surface area contributed by atoms with Crippen LogP contribution in [0.25, 0.3) is 21.8 Å². The molecule has 33 heavy (non-hydrogen) atoms. The van der Waals surface area contributed by atoms with Gasteiger partial charge in [0.05, 0.1) is 31.9 Å². The van der Waals surface area contributed by atoms with Crippen molar-refractivity contribution in [3.05, 3.63) is 59.9 Å². The molecule has 0 radical (unpaired) electrons. The van der Waals surface area contributed by atoms with Gasteiger partial charge < -0.3 is 24.2 Å². The molecule has 0 atom stereocenters. The Morgan fingerprint density at radius 1 is 0.848 bits per heavy atom. The molecule has 0 aliphatic rings. The topological polar surface area (TPSA) is 76.3 Å². The zero-order valence-electron chi connectivity index (χ0n) is 19.8. The van der Waals surface area contributed by atoms with Crippen LogP contribution >= 0.6 is 0 Å². The lowest BCUT2D eigenvalue weighted by atomic mass is 9.70. The molecular weight excluding hydrogens is 416 g/mol. The average Bonchev–Trinajstić information content (AvgIpc) is 3.47. The fourth-order valence-electron chi connectivity index (χ4n) is 4.93. The van der Waals surface area contributed by atoms with Gasteiger partial charge in [-0.1, -0.05) is 50.5 Å². The summed E-state index contributed by atoms with van der Waals surface area (Å²) < 4.78 is 16.9. The summed E-state index contributed by atoms with van der Waals surface area (Å²) >= 11 is 0. The highest BCUT2D eigenvalue weighted by atomic mass is 16.5. The van der Waals surface area contributed by atoms with E-state index in [1.807, 2.05) is 55.7 Å². The number of carbonyl (C=O) groups excluding carboxylic acids is 1. The van der Waals surface area contributed by atoms with Crippen molar-refractivity contribution in [3.8, 4) is 11.5 Å². The summed E-state index contributed by atoms with van der Waals surface area (Å²) in [7, 11) is 3.31. The van der Waals surface area contributed by atoms with E-state index < -0.39 is 5.41 Å². The van der Waals surface area contributed by atoms with Crippen molar-refractivity contribution >= 4 is 27.8 Å². The van der Waals surface area contributed by atoms with E-state index in [-0.39, 0.29) is 5.97 Å². The quantitative estimate of drug-likeness (QED) is 0.227. The number of rotatable bonds is 10. The van der Waals surface area contributed by atoms with Gasteiger partial charge in [-0.05, 0) is 36.6 Å². The van der Waals surface area contributed by atoms with Crippen LogP contribution in [0.5, 0.6) is 11.5 Å². The van der Waals surface area contributed by atoms with Crippen LogP contribution in [-0.2, 0) is 14.9 Å². The highest BCUT2D eigenvalue weighted by Gasteiger charge is 2.46. The van der Waals surface area contributed by atoms with Crippen LogP contribution in [0.3, 0.4) is 0 Å². The largest absolute Gasteiger partial charge is 0.495 e. The monoisotopic (exact) mass is 448 g/mol. The Morgan fingerprint density at radius 2 is 1.39 bits per heavy atom. The van der Waals surface area contributed by atoms with Gasteiger partial charge in [-0.15, -0.1) is 0 Å². The highest BCUT2D eigenvalue weighted by Crippen LogP contribution is 2.46. The van der Waals surface area contributed by atoms with E-state index in [9.17, 15) is 4.79 Å². The van der Waals surface area contributed by atoms with E-state index in [4.69, 9.17) is 14.2 Å². The summed E-state index contributed by atoms with van der Waals surface area (Å²) in [6.07, 6.45) is 7.49. The van der Waals surface area contributed by atoms with E-state index in [2.05, 4.69) is 16.9 Å². The summed E-state index contributed by atoms with van der Waals surface area (Å²) in [4.78, 5) is 20.7. The number of para-hydroxylation sites is 2. The summed E-state index contributed by atoms with van der Waals surface area (Å²) in [5.74, 6) is 1.24. The fraction of sp³-hybridized carbons (Fsp3) is 0.370. The van der Waals surface area contributed by atoms with Crippen molar-refractivity contribution in [3.63, 3.8) is 0 Å². The predicted molar refractivity (Wildman–Crippen MR) is 131 cm³/mol. The molecule has 6 nitrogen and oxygen atoms in total. The van der Waals surface area contributed by atoms with E-state index in [1.54, 1.807) is 14.2 Å². The molecule has 0 amide bonds. The molecule has 0 aliphatic carbocycles. The fourth-order valence-corrected chi connectivity index (χ4v) is 4.93. The van der Waals surface area contributed by atoms with Crippen molar-refractivity contribution in [2.24, 2.45) is 0 Å². The summed E-state index contributed by atoms with van der Waals surface area (Å²) in [5, 5.41) is 1.91. The first-order valence-corrected chi connectivity index (χ1v) is 11.6. The standard InChI is InChI=1S/C27H32N2O4/c1-5-7-8-15-27(26(30)33-6-2,20-16-28-24-18(20)11-9-13-22(24)31-3)21-17-29-25-19(21)12-10-14-23(25)32-4/h9-14,16-17,28-29H,5-8,15H2,1-4H3. The van der Waals surface area contributed by atoms with Crippen LogP contribution in [-0.4, -0.2) is 36.8 Å². The molecule has 4 rings (SSSR count). The van der Waals surface area contributed by atoms with Gasteiger partial charge in [0, 0.05) is 23.2 Å². The number of nitrogens with one attached hydrogen (secondary N) is 2. The molecule has 0 bridgehead atoms. The molecular formula is C27H32N2O4. The van der Waals surface area contributed by atoms with Crippen LogP contribution in [0.4, 0.5) is 0 Å². The average molecular weight is 449 g/mol. The smallest absolute Gasteiger partial charge is 0.321 e. The minimum Gasteiger partial charge on any atom is -0.495 e. The van der Waals surface area contributed by atoms with E-state index in [1.165, 1.54) is 0 Å². The van der Waals surface area contributed by atoms with Crippen LogP contribution in [0, 0.1) is 0 Å². The summed E-state index contributed by atoms with van der Waals surface area (Å²) in [5.41, 5.74) is 2.55. The van der Waals surface area contributed by atoms with Gasteiger partial charge in [0.2, 0.25) is 0 Å². The molecule has 0 fully saturated rings. The van der Waals surface area contributed by atoms with E-state index >= 15 is 0 Å². The zero-order valence-corrected chi connectivity index (χ0v) is 19.8. The van der Waals surface area contributed by atoms with Crippen molar-refractivity contribution in [2.45, 2.75) is 44.9 Å². The molecule has 2 N–H and O–H groups in total. The Morgan fingerprint density at radius 3 is 1.85 bits per heavy atom. The number of esters is 1. The first kappa shape index (κ1) is 22.8. The van der Waals surface area contributed by atoms with Gasteiger partial charge in [-0.25, -0.2) is 0 Å². The molecule has 0 unspecified atom stereocenters. The number of aromatic nitrogens is 2. The van der Waals surface area contributed by atoms with Crippen LogP contribution < -0.4 is 9.47 Å². The van der Waals surface area contributed by atoms with Crippen molar-refractivity contribution in [2.75, 3.05) is 20.8 Å².